The number of benzene rings is 2. The van der Waals surface area contributed by atoms with Crippen molar-refractivity contribution in [3.63, 3.8) is 0 Å². The van der Waals surface area contributed by atoms with E-state index in [2.05, 4.69) is 21.2 Å². The molecule has 132 valence electrons. The van der Waals surface area contributed by atoms with Crippen LogP contribution < -0.4 is 5.32 Å². The molecule has 6 heteroatoms. The minimum Gasteiger partial charge on any atom is -0.327 e. The van der Waals surface area contributed by atoms with Gasteiger partial charge in [-0.15, -0.1) is 0 Å². The first-order valence-corrected chi connectivity index (χ1v) is 9.23. The number of carbonyl (C=O) groups excluding carboxylic acids is 2. The second-order valence-electron chi connectivity index (χ2n) is 5.65. The van der Waals surface area contributed by atoms with Crippen LogP contribution in [0.5, 0.6) is 0 Å². The molecule has 0 spiro atoms. The third-order valence-corrected chi connectivity index (χ3v) is 4.58. The minimum absolute atomic E-state index is 0.235. The van der Waals surface area contributed by atoms with E-state index in [4.69, 9.17) is 11.6 Å². The van der Waals surface area contributed by atoms with Crippen LogP contribution in [0.15, 0.2) is 53.0 Å². The standard InChI is InChI=1S/C19H20BrClN2O2/c1-3-11-23(19(25)16-10-9-14(20)12-17(16)21)13(2)18(24)22-15-7-5-4-6-8-15/h4-10,12-13H,3,11H2,1-2H3,(H,22,24). The van der Waals surface area contributed by atoms with Crippen molar-refractivity contribution < 1.29 is 9.59 Å². The zero-order valence-corrected chi connectivity index (χ0v) is 16.5. The minimum atomic E-state index is -0.618. The van der Waals surface area contributed by atoms with Crippen LogP contribution in [0.2, 0.25) is 5.02 Å². The van der Waals surface area contributed by atoms with Crippen molar-refractivity contribution in [1.29, 1.82) is 0 Å². The second kappa shape index (κ2) is 9.02. The Bertz CT molecular complexity index is 752. The van der Waals surface area contributed by atoms with Crippen LogP contribution in [0.3, 0.4) is 0 Å². The number of amides is 2. The molecule has 4 nitrogen and oxygen atoms in total. The third kappa shape index (κ3) is 5.06. The number of nitrogens with one attached hydrogen (secondary N) is 1. The summed E-state index contributed by atoms with van der Waals surface area (Å²) in [4.78, 5) is 27.0. The molecule has 2 aromatic rings. The lowest BCUT2D eigenvalue weighted by Gasteiger charge is -2.28. The lowest BCUT2D eigenvalue weighted by molar-refractivity contribution is -0.120. The van der Waals surface area contributed by atoms with Crippen molar-refractivity contribution in [2.45, 2.75) is 26.3 Å². The van der Waals surface area contributed by atoms with Gasteiger partial charge in [0.25, 0.3) is 5.91 Å². The van der Waals surface area contributed by atoms with Crippen molar-refractivity contribution in [3.8, 4) is 0 Å². The van der Waals surface area contributed by atoms with Crippen LogP contribution >= 0.6 is 27.5 Å². The van der Waals surface area contributed by atoms with E-state index in [-0.39, 0.29) is 11.8 Å². The average Bonchev–Trinajstić information content (AvgIpc) is 2.59. The Labute approximate surface area is 161 Å². The maximum absolute atomic E-state index is 12.9. The van der Waals surface area contributed by atoms with Gasteiger partial charge in [0, 0.05) is 16.7 Å². The molecular formula is C19H20BrClN2O2. The summed E-state index contributed by atoms with van der Waals surface area (Å²) in [5.41, 5.74) is 1.09. The molecule has 1 atom stereocenters. The number of hydrogen-bond acceptors (Lipinski definition) is 2. The molecule has 2 aromatic carbocycles. The summed E-state index contributed by atoms with van der Waals surface area (Å²) in [5, 5.41) is 3.19. The molecule has 25 heavy (non-hydrogen) atoms. The van der Waals surface area contributed by atoms with Gasteiger partial charge in [0.05, 0.1) is 10.6 Å². The number of halogens is 2. The largest absolute Gasteiger partial charge is 0.327 e. The van der Waals surface area contributed by atoms with E-state index in [9.17, 15) is 9.59 Å². The molecule has 0 aromatic heterocycles. The number of rotatable bonds is 6. The lowest BCUT2D eigenvalue weighted by atomic mass is 10.1. The fourth-order valence-electron chi connectivity index (χ4n) is 2.44. The molecule has 2 amide bonds. The van der Waals surface area contributed by atoms with Crippen LogP contribution in [-0.4, -0.2) is 29.3 Å². The smallest absolute Gasteiger partial charge is 0.256 e. The van der Waals surface area contributed by atoms with Gasteiger partial charge in [-0.05, 0) is 43.7 Å². The van der Waals surface area contributed by atoms with Gasteiger partial charge in [-0.25, -0.2) is 0 Å². The monoisotopic (exact) mass is 422 g/mol. The van der Waals surface area contributed by atoms with Crippen molar-refractivity contribution in [3.05, 3.63) is 63.6 Å². The molecule has 0 bridgehead atoms. The van der Waals surface area contributed by atoms with E-state index in [1.54, 1.807) is 30.0 Å². The van der Waals surface area contributed by atoms with Gasteiger partial charge >= 0.3 is 0 Å². The molecule has 2 rings (SSSR count). The Morgan fingerprint density at radius 2 is 1.88 bits per heavy atom. The second-order valence-corrected chi connectivity index (χ2v) is 6.98. The molecule has 0 aliphatic heterocycles. The van der Waals surface area contributed by atoms with E-state index in [1.165, 1.54) is 0 Å². The van der Waals surface area contributed by atoms with Gasteiger partial charge in [-0.1, -0.05) is 52.7 Å². The Hall–Kier alpha value is -1.85. The SMILES string of the molecule is CCCN(C(=O)c1ccc(Br)cc1Cl)C(C)C(=O)Nc1ccccc1. The Morgan fingerprint density at radius 1 is 1.20 bits per heavy atom. The summed E-state index contributed by atoms with van der Waals surface area (Å²) < 4.78 is 0.797. The molecule has 0 saturated carbocycles. The summed E-state index contributed by atoms with van der Waals surface area (Å²) in [5.74, 6) is -0.490. The Kier molecular flexibility index (Phi) is 7.02. The third-order valence-electron chi connectivity index (χ3n) is 3.78. The quantitative estimate of drug-likeness (QED) is 0.712. The summed E-state index contributed by atoms with van der Waals surface area (Å²) in [7, 11) is 0. The first kappa shape index (κ1) is 19.5. The first-order chi connectivity index (χ1) is 11.9. The predicted octanol–water partition coefficient (Wildman–Crippen LogP) is 4.98. The van der Waals surface area contributed by atoms with Crippen LogP contribution in [0.4, 0.5) is 5.69 Å². The first-order valence-electron chi connectivity index (χ1n) is 8.06. The molecule has 0 aliphatic rings. The van der Waals surface area contributed by atoms with Crippen LogP contribution in [0.25, 0.3) is 0 Å². The zero-order valence-electron chi connectivity index (χ0n) is 14.1. The van der Waals surface area contributed by atoms with Crippen molar-refractivity contribution >= 4 is 45.0 Å². The van der Waals surface area contributed by atoms with Gasteiger partial charge in [0.15, 0.2) is 0 Å². The predicted molar refractivity (Wildman–Crippen MR) is 105 cm³/mol. The van der Waals surface area contributed by atoms with E-state index in [0.717, 1.165) is 10.9 Å². The number of anilines is 1. The normalized spacial score (nSPS) is 11.7. The summed E-state index contributed by atoms with van der Waals surface area (Å²) in [6, 6.07) is 13.7. The van der Waals surface area contributed by atoms with Crippen molar-refractivity contribution in [2.75, 3.05) is 11.9 Å². The van der Waals surface area contributed by atoms with Crippen molar-refractivity contribution in [2.24, 2.45) is 0 Å². The summed E-state index contributed by atoms with van der Waals surface area (Å²) in [6.07, 6.45) is 0.739. The molecular weight excluding hydrogens is 404 g/mol. The van der Waals surface area contributed by atoms with Gasteiger partial charge in [0.1, 0.15) is 6.04 Å². The van der Waals surface area contributed by atoms with Crippen LogP contribution in [0.1, 0.15) is 30.6 Å². The van der Waals surface area contributed by atoms with Gasteiger partial charge in [-0.2, -0.15) is 0 Å². The topological polar surface area (TPSA) is 49.4 Å². The summed E-state index contributed by atoms with van der Waals surface area (Å²) >= 11 is 9.53. The Balaban J connectivity index is 2.20. The van der Waals surface area contributed by atoms with E-state index < -0.39 is 6.04 Å². The molecule has 0 aliphatic carbocycles. The van der Waals surface area contributed by atoms with Crippen molar-refractivity contribution in [1.82, 2.24) is 4.90 Å². The fourth-order valence-corrected chi connectivity index (χ4v) is 3.19. The molecule has 0 radical (unpaired) electrons. The van der Waals surface area contributed by atoms with E-state index >= 15 is 0 Å². The number of nitrogens with zero attached hydrogens (tertiary/aromatic N) is 1. The Morgan fingerprint density at radius 3 is 2.48 bits per heavy atom. The zero-order chi connectivity index (χ0) is 18.4. The highest BCUT2D eigenvalue weighted by Gasteiger charge is 2.27. The lowest BCUT2D eigenvalue weighted by Crippen LogP contribution is -2.46. The maximum Gasteiger partial charge on any atom is 0.256 e. The van der Waals surface area contributed by atoms with Gasteiger partial charge in [0.2, 0.25) is 5.91 Å². The maximum atomic E-state index is 12.9. The summed E-state index contributed by atoms with van der Waals surface area (Å²) in [6.45, 7) is 4.15. The number of carbonyl (C=O) groups is 2. The average molecular weight is 424 g/mol. The molecule has 0 heterocycles. The molecule has 0 saturated heterocycles. The van der Waals surface area contributed by atoms with Gasteiger partial charge in [-0.3, -0.25) is 9.59 Å². The van der Waals surface area contributed by atoms with Crippen LogP contribution in [-0.2, 0) is 4.79 Å². The molecule has 1 N–H and O–H groups in total. The highest BCUT2D eigenvalue weighted by molar-refractivity contribution is 9.10. The van der Waals surface area contributed by atoms with Gasteiger partial charge < -0.3 is 10.2 Å². The number of hydrogen-bond donors (Lipinski definition) is 1. The molecule has 0 fully saturated rings. The van der Waals surface area contributed by atoms with E-state index in [1.807, 2.05) is 37.3 Å². The van der Waals surface area contributed by atoms with E-state index in [0.29, 0.717) is 22.8 Å². The molecule has 1 unspecified atom stereocenters. The van der Waals surface area contributed by atoms with Crippen LogP contribution in [0, 0.1) is 0 Å². The fraction of sp³-hybridized carbons (Fsp3) is 0.263. The number of para-hydroxylation sites is 1. The highest BCUT2D eigenvalue weighted by atomic mass is 79.9. The highest BCUT2D eigenvalue weighted by Crippen LogP contribution is 2.23.